The first-order valence-electron chi connectivity index (χ1n) is 9.10. The lowest BCUT2D eigenvalue weighted by Crippen LogP contribution is -2.48. The highest BCUT2D eigenvalue weighted by Gasteiger charge is 2.34. The van der Waals surface area contributed by atoms with Gasteiger partial charge < -0.3 is 19.8 Å². The number of rotatable bonds is 6. The van der Waals surface area contributed by atoms with Gasteiger partial charge in [0, 0.05) is 36.2 Å². The molecule has 5 nitrogen and oxygen atoms in total. The molecule has 0 unspecified atom stereocenters. The maximum absolute atomic E-state index is 5.63. The van der Waals surface area contributed by atoms with Crippen molar-refractivity contribution in [3.05, 3.63) is 58.5 Å². The summed E-state index contributed by atoms with van der Waals surface area (Å²) in [7, 11) is 0. The first-order chi connectivity index (χ1) is 12.7. The Hall–Kier alpha value is -1.06. The minimum Gasteiger partial charge on any atom is -0.467 e. The first kappa shape index (κ1) is 22.2. The third-order valence-electron chi connectivity index (χ3n) is 4.82. The summed E-state index contributed by atoms with van der Waals surface area (Å²) in [4.78, 5) is 4.64. The van der Waals surface area contributed by atoms with E-state index in [1.54, 1.807) is 6.26 Å². The van der Waals surface area contributed by atoms with Gasteiger partial charge in [0.05, 0.1) is 6.26 Å². The average molecular weight is 548 g/mol. The fourth-order valence-electron chi connectivity index (χ4n) is 3.29. The fraction of sp³-hybridized carbons (Fsp3) is 0.450. The molecule has 2 aromatic rings. The highest BCUT2D eigenvalue weighted by atomic mass is 127. The van der Waals surface area contributed by atoms with Crippen molar-refractivity contribution in [2.24, 2.45) is 4.99 Å². The summed E-state index contributed by atoms with van der Waals surface area (Å²) in [6, 6.07) is 12.5. The van der Waals surface area contributed by atoms with Crippen LogP contribution < -0.4 is 10.6 Å². The van der Waals surface area contributed by atoms with Crippen LogP contribution in [-0.4, -0.2) is 32.3 Å². The quantitative estimate of drug-likeness (QED) is 0.318. The highest BCUT2D eigenvalue weighted by Crippen LogP contribution is 2.34. The van der Waals surface area contributed by atoms with E-state index in [1.807, 2.05) is 12.1 Å². The molecule has 1 aliphatic rings. The van der Waals surface area contributed by atoms with Gasteiger partial charge >= 0.3 is 0 Å². The lowest BCUT2D eigenvalue weighted by molar-refractivity contribution is 0.0514. The lowest BCUT2D eigenvalue weighted by Gasteiger charge is -2.38. The molecule has 0 bridgehead atoms. The van der Waals surface area contributed by atoms with Crippen LogP contribution in [0.25, 0.3) is 0 Å². The van der Waals surface area contributed by atoms with E-state index in [-0.39, 0.29) is 29.4 Å². The first-order valence-corrected chi connectivity index (χ1v) is 9.89. The molecule has 27 heavy (non-hydrogen) atoms. The molecule has 1 aromatic heterocycles. The monoisotopic (exact) mass is 547 g/mol. The van der Waals surface area contributed by atoms with Crippen molar-refractivity contribution in [2.45, 2.75) is 31.7 Å². The SMILES string of the molecule is CCNC(=NCc1ccco1)NCC1(c2ccc(Br)cc2)CCOCC1.I. The van der Waals surface area contributed by atoms with E-state index in [1.165, 1.54) is 5.56 Å². The predicted molar refractivity (Wildman–Crippen MR) is 123 cm³/mol. The molecule has 148 valence electrons. The molecule has 1 aromatic carbocycles. The number of halogens is 2. The number of benzene rings is 1. The van der Waals surface area contributed by atoms with Gasteiger partial charge in [-0.25, -0.2) is 4.99 Å². The molecule has 1 aliphatic heterocycles. The molecule has 2 heterocycles. The molecular formula is C20H27BrIN3O2. The minimum absolute atomic E-state index is 0. The number of hydrogen-bond acceptors (Lipinski definition) is 3. The third-order valence-corrected chi connectivity index (χ3v) is 5.35. The topological polar surface area (TPSA) is 58.8 Å². The normalized spacial score (nSPS) is 16.4. The van der Waals surface area contributed by atoms with Crippen molar-refractivity contribution in [1.82, 2.24) is 10.6 Å². The third kappa shape index (κ3) is 6.22. The second kappa shape index (κ2) is 11.1. The molecular weight excluding hydrogens is 521 g/mol. The van der Waals surface area contributed by atoms with Crippen molar-refractivity contribution in [2.75, 3.05) is 26.3 Å². The van der Waals surface area contributed by atoms with E-state index >= 15 is 0 Å². The summed E-state index contributed by atoms with van der Waals surface area (Å²) in [5.41, 5.74) is 1.40. The number of nitrogens with zero attached hydrogens (tertiary/aromatic N) is 1. The fourth-order valence-corrected chi connectivity index (χ4v) is 3.55. The molecule has 0 radical (unpaired) electrons. The standard InChI is InChI=1S/C20H26BrN3O2.HI/c1-2-22-19(23-14-18-4-3-11-26-18)24-15-20(9-12-25-13-10-20)16-5-7-17(21)8-6-16;/h3-8,11H,2,9-10,12-15H2,1H3,(H2,22,23,24);1H. The smallest absolute Gasteiger partial charge is 0.191 e. The number of hydrogen-bond donors (Lipinski definition) is 2. The van der Waals surface area contributed by atoms with Gasteiger partial charge in [-0.1, -0.05) is 28.1 Å². The van der Waals surface area contributed by atoms with Crippen LogP contribution in [0.1, 0.15) is 31.1 Å². The Morgan fingerprint density at radius 3 is 2.52 bits per heavy atom. The van der Waals surface area contributed by atoms with Gasteiger partial charge in [-0.3, -0.25) is 0 Å². The largest absolute Gasteiger partial charge is 0.467 e. The minimum atomic E-state index is 0. The van der Waals surface area contributed by atoms with E-state index in [0.717, 1.165) is 55.3 Å². The van der Waals surface area contributed by atoms with Crippen molar-refractivity contribution in [1.29, 1.82) is 0 Å². The van der Waals surface area contributed by atoms with E-state index in [2.05, 4.69) is 62.7 Å². The second-order valence-corrected chi connectivity index (χ2v) is 7.44. The van der Waals surface area contributed by atoms with Gasteiger partial charge in [-0.2, -0.15) is 0 Å². The number of aliphatic imine (C=N–C) groups is 1. The van der Waals surface area contributed by atoms with Crippen LogP contribution in [0.3, 0.4) is 0 Å². The van der Waals surface area contributed by atoms with Crippen LogP contribution in [0.2, 0.25) is 0 Å². The van der Waals surface area contributed by atoms with E-state index in [0.29, 0.717) is 6.54 Å². The number of guanidine groups is 1. The Labute approximate surface area is 186 Å². The molecule has 0 saturated carbocycles. The van der Waals surface area contributed by atoms with Gasteiger partial charge in [0.2, 0.25) is 0 Å². The maximum atomic E-state index is 5.63. The number of nitrogens with one attached hydrogen (secondary N) is 2. The summed E-state index contributed by atoms with van der Waals surface area (Å²) in [6.07, 6.45) is 3.67. The van der Waals surface area contributed by atoms with Crippen LogP contribution in [-0.2, 0) is 16.7 Å². The van der Waals surface area contributed by atoms with Crippen LogP contribution in [0.15, 0.2) is 56.5 Å². The van der Waals surface area contributed by atoms with E-state index < -0.39 is 0 Å². The molecule has 1 fully saturated rings. The Morgan fingerprint density at radius 2 is 1.89 bits per heavy atom. The van der Waals surface area contributed by atoms with Crippen LogP contribution >= 0.6 is 39.9 Å². The summed E-state index contributed by atoms with van der Waals surface area (Å²) in [6.45, 7) is 5.82. The maximum Gasteiger partial charge on any atom is 0.191 e. The summed E-state index contributed by atoms with van der Waals surface area (Å²) in [5.74, 6) is 1.67. The number of furan rings is 1. The molecule has 0 aliphatic carbocycles. The zero-order valence-corrected chi connectivity index (χ0v) is 19.5. The summed E-state index contributed by atoms with van der Waals surface area (Å²) in [5, 5.41) is 6.86. The van der Waals surface area contributed by atoms with Crippen molar-refractivity contribution in [3.8, 4) is 0 Å². The Morgan fingerprint density at radius 1 is 1.15 bits per heavy atom. The van der Waals surface area contributed by atoms with E-state index in [9.17, 15) is 0 Å². The molecule has 2 N–H and O–H groups in total. The zero-order chi connectivity index (χ0) is 18.2. The molecule has 0 atom stereocenters. The lowest BCUT2D eigenvalue weighted by atomic mass is 9.74. The molecule has 3 rings (SSSR count). The van der Waals surface area contributed by atoms with Gasteiger partial charge in [0.1, 0.15) is 12.3 Å². The van der Waals surface area contributed by atoms with E-state index in [4.69, 9.17) is 9.15 Å². The van der Waals surface area contributed by atoms with Gasteiger partial charge in [-0.15, -0.1) is 24.0 Å². The Kier molecular flexibility index (Phi) is 9.11. The van der Waals surface area contributed by atoms with Crippen molar-refractivity contribution < 1.29 is 9.15 Å². The Bertz CT molecular complexity index is 699. The van der Waals surface area contributed by atoms with Gasteiger partial charge in [0.25, 0.3) is 0 Å². The van der Waals surface area contributed by atoms with Crippen LogP contribution in [0.5, 0.6) is 0 Å². The number of ether oxygens (including phenoxy) is 1. The average Bonchev–Trinajstić information content (AvgIpc) is 3.19. The molecule has 1 saturated heterocycles. The molecule has 0 amide bonds. The van der Waals surface area contributed by atoms with Gasteiger partial charge in [0.15, 0.2) is 5.96 Å². The molecule has 7 heteroatoms. The summed E-state index contributed by atoms with van der Waals surface area (Å²) < 4.78 is 12.1. The van der Waals surface area contributed by atoms with Crippen molar-refractivity contribution in [3.63, 3.8) is 0 Å². The van der Waals surface area contributed by atoms with Gasteiger partial charge in [-0.05, 0) is 49.6 Å². The van der Waals surface area contributed by atoms with Crippen LogP contribution in [0.4, 0.5) is 0 Å². The predicted octanol–water partition coefficient (Wildman–Crippen LogP) is 4.46. The zero-order valence-electron chi connectivity index (χ0n) is 15.5. The second-order valence-electron chi connectivity index (χ2n) is 6.53. The van der Waals surface area contributed by atoms with Crippen LogP contribution in [0, 0.1) is 0 Å². The Balaban J connectivity index is 0.00000261. The molecule has 0 spiro atoms. The summed E-state index contributed by atoms with van der Waals surface area (Å²) >= 11 is 3.53. The van der Waals surface area contributed by atoms with Crippen molar-refractivity contribution >= 4 is 45.9 Å². The highest BCUT2D eigenvalue weighted by molar-refractivity contribution is 14.0.